The van der Waals surface area contributed by atoms with E-state index in [1.807, 2.05) is 0 Å². The highest BCUT2D eigenvalue weighted by molar-refractivity contribution is 8.23. The van der Waals surface area contributed by atoms with Crippen LogP contribution < -0.4 is 16.0 Å². The van der Waals surface area contributed by atoms with E-state index in [1.165, 1.54) is 27.9 Å². The molecule has 2 aliphatic heterocycles. The fourth-order valence-electron chi connectivity index (χ4n) is 7.94. The molecule has 2 saturated heterocycles. The summed E-state index contributed by atoms with van der Waals surface area (Å²) in [4.78, 5) is 112. The summed E-state index contributed by atoms with van der Waals surface area (Å²) in [6.45, 7) is 9.44. The second kappa shape index (κ2) is 26.4. The molecular weight excluding hydrogens is 1040 g/mol. The summed E-state index contributed by atoms with van der Waals surface area (Å²) in [5, 5.41) is 91.2. The van der Waals surface area contributed by atoms with Gasteiger partial charge in [0, 0.05) is 51.1 Å². The van der Waals surface area contributed by atoms with Crippen LogP contribution in [0.25, 0.3) is 0 Å². The Kier molecular flexibility index (Phi) is 22.5. The van der Waals surface area contributed by atoms with Gasteiger partial charge in [0.05, 0.1) is 24.5 Å². The van der Waals surface area contributed by atoms with Gasteiger partial charge >= 0.3 is 35.8 Å². The zero-order valence-electron chi connectivity index (χ0n) is 41.0. The van der Waals surface area contributed by atoms with Gasteiger partial charge in [0.25, 0.3) is 0 Å². The fourth-order valence-corrected chi connectivity index (χ4v) is 10.1. The van der Waals surface area contributed by atoms with Crippen molar-refractivity contribution in [3.05, 3.63) is 11.3 Å². The molecule has 11 N–H and O–H groups in total. The number of Topliss-reactive ketones (excluding diaryl/α,β-unsaturated/α-hetero) is 1. The Bertz CT molecular complexity index is 2180. The number of methoxy groups -OCH3 is 1. The molecule has 410 valence electrons. The Morgan fingerprint density at radius 2 is 1.47 bits per heavy atom. The molecule has 1 aliphatic carbocycles. The number of aliphatic hydroxyl groups excluding tert-OH is 2. The highest BCUT2D eigenvalue weighted by atomic mass is 32.2. The van der Waals surface area contributed by atoms with Gasteiger partial charge in [-0.15, -0.1) is 0 Å². The third-order valence-corrected chi connectivity index (χ3v) is 14.5. The number of carboxylic acids is 3. The molecule has 0 radical (unpaired) electrons. The van der Waals surface area contributed by atoms with E-state index in [9.17, 15) is 78.9 Å². The molecule has 73 heavy (non-hydrogen) atoms. The largest absolute Gasteiger partial charge is 0.508 e. The molecule has 3 unspecified atom stereocenters. The molecule has 2 fully saturated rings. The molecule has 15 atom stereocenters. The number of aliphatic carboxylic acids is 3. The minimum Gasteiger partial charge on any atom is -0.508 e. The van der Waals surface area contributed by atoms with Crippen molar-refractivity contribution in [2.75, 3.05) is 25.2 Å². The van der Waals surface area contributed by atoms with Crippen molar-refractivity contribution in [2.45, 2.75) is 158 Å². The Hall–Kier alpha value is -5.05. The van der Waals surface area contributed by atoms with Crippen molar-refractivity contribution in [1.29, 1.82) is 5.41 Å². The Labute approximate surface area is 431 Å². The van der Waals surface area contributed by atoms with Gasteiger partial charge in [-0.2, -0.15) is 11.8 Å². The van der Waals surface area contributed by atoms with Crippen LogP contribution in [0, 0.1) is 11.3 Å². The number of hydrogen-bond acceptors (Lipinski definition) is 24. The molecule has 0 bridgehead atoms. The molecular formula is C43H62N4O23S3. The molecule has 3 aliphatic rings. The van der Waals surface area contributed by atoms with Gasteiger partial charge in [-0.05, 0) is 13.8 Å². The third kappa shape index (κ3) is 15.5. The molecule has 27 nitrogen and oxygen atoms in total. The minimum absolute atomic E-state index is 0.269. The Morgan fingerprint density at radius 3 is 1.97 bits per heavy atom. The summed E-state index contributed by atoms with van der Waals surface area (Å²) in [6, 6.07) is -4.65. The van der Waals surface area contributed by atoms with Crippen molar-refractivity contribution in [3.63, 3.8) is 0 Å². The summed E-state index contributed by atoms with van der Waals surface area (Å²) in [5.74, 6) is -13.5. The number of thioether (sulfide) groups is 2. The molecule has 0 saturated carbocycles. The van der Waals surface area contributed by atoms with Gasteiger partial charge in [-0.3, -0.25) is 29.4 Å². The third-order valence-electron chi connectivity index (χ3n) is 11.8. The second-order valence-corrected chi connectivity index (χ2v) is 20.7. The lowest BCUT2D eigenvalue weighted by Crippen LogP contribution is -2.70. The summed E-state index contributed by atoms with van der Waals surface area (Å²) < 4.78 is 40.6. The van der Waals surface area contributed by atoms with Crippen molar-refractivity contribution in [2.24, 2.45) is 5.92 Å². The number of aliphatic hydroxyl groups is 4. The number of hydrogen-bond donors (Lipinski definition) is 11. The lowest BCUT2D eigenvalue weighted by molar-refractivity contribution is -0.345. The minimum atomic E-state index is -3.19. The van der Waals surface area contributed by atoms with Crippen LogP contribution in [-0.4, -0.2) is 214 Å². The van der Waals surface area contributed by atoms with E-state index >= 15 is 0 Å². The highest BCUT2D eigenvalue weighted by Gasteiger charge is 2.62. The Balaban J connectivity index is 2.23. The SMILES string of the molecule is CO[C@H]1CC(O[C@H]2[C@@H](O)[C@H]([C@@]3(O)CC(=O)C(=N)C(C(=O)O)=C3O)O[C@H](COC(C)=O)[C@H]2OC(=O)C(NC(=S)SC[C@H](NC(C)=O)C(=O)O)C(C)SC[C@H](NC(C)=O)C(=O)O)O[C@@H](C)[C@]1(O)[C@H](C)OC(=O)C(C)C. The molecule has 2 heterocycles. The number of ether oxygens (including phenoxy) is 7. The first-order valence-corrected chi connectivity index (χ1v) is 24.8. The molecule has 30 heteroatoms. The van der Waals surface area contributed by atoms with E-state index in [0.717, 1.165) is 32.5 Å². The fraction of sp³-hybridized carbons (Fsp3) is 0.698. The molecule has 2 amide bonds. The normalized spacial score (nSPS) is 29.4. The number of ketones is 1. The first-order chi connectivity index (χ1) is 33.8. The lowest BCUT2D eigenvalue weighted by Gasteiger charge is -2.52. The first-order valence-electron chi connectivity index (χ1n) is 22.3. The lowest BCUT2D eigenvalue weighted by atomic mass is 9.74. The van der Waals surface area contributed by atoms with E-state index in [-0.39, 0.29) is 15.8 Å². The number of carbonyl (C=O) groups is 9. The molecule has 0 aromatic rings. The van der Waals surface area contributed by atoms with Crippen molar-refractivity contribution < 1.29 is 112 Å². The van der Waals surface area contributed by atoms with Crippen molar-refractivity contribution in [1.82, 2.24) is 16.0 Å². The van der Waals surface area contributed by atoms with Gasteiger partial charge in [-0.25, -0.2) is 19.2 Å². The maximum atomic E-state index is 14.7. The summed E-state index contributed by atoms with van der Waals surface area (Å²) in [6.07, 6.45) is -18.1. The van der Waals surface area contributed by atoms with Gasteiger partial charge in [0.15, 0.2) is 29.4 Å². The number of carboxylic acid groups (broad SMARTS) is 3. The van der Waals surface area contributed by atoms with Crippen LogP contribution in [0.1, 0.15) is 68.2 Å². The standard InChI is InChI=1S/C43H62N4O23S3/c1-15(2)39(60)67-18(5)43(63)17(4)66-27(10-26(43)64-9)69-33-31(52)35(42(62)11-24(51)29(44)28(34(42)53)38(58)59)68-25(12-65-21(8)50)32(33)70-40(61)30(16(3)72-13-22(36(54)55)45-19(6)48)47-41(71)73-14-23(37(56)57)46-20(7)49/h15-18,22-23,25-27,30-33,35,44,52-53,62-63H,10-14H2,1-9H3,(H,45,48)(H,46,49)(H,47,71)(H,54,55)(H,56,57)(H,58,59)/t16?,17-,18-,22-,23-,25+,26-,27?,30?,31+,32+,33-,35+,42+,43-/m0/s1. The van der Waals surface area contributed by atoms with E-state index in [1.54, 1.807) is 13.8 Å². The zero-order chi connectivity index (χ0) is 55.6. The number of thiocarbonyl (C=S) groups is 1. The maximum absolute atomic E-state index is 14.7. The summed E-state index contributed by atoms with van der Waals surface area (Å²) >= 11 is 6.90. The van der Waals surface area contributed by atoms with Crippen LogP contribution in [0.4, 0.5) is 0 Å². The van der Waals surface area contributed by atoms with E-state index < -0.39 is 186 Å². The predicted octanol–water partition coefficient (Wildman–Crippen LogP) is -1.66. The van der Waals surface area contributed by atoms with Gasteiger partial charge in [0.2, 0.25) is 11.8 Å². The quantitative estimate of drug-likeness (QED) is 0.0310. The predicted molar refractivity (Wildman–Crippen MR) is 255 cm³/mol. The molecule has 0 aromatic carbocycles. The van der Waals surface area contributed by atoms with Crippen molar-refractivity contribution >= 4 is 99.2 Å². The van der Waals surface area contributed by atoms with Crippen LogP contribution in [0.5, 0.6) is 0 Å². The molecule has 0 aromatic heterocycles. The zero-order valence-corrected chi connectivity index (χ0v) is 43.5. The average Bonchev–Trinajstić information content (AvgIpc) is 3.28. The van der Waals surface area contributed by atoms with Gasteiger partial charge in [0.1, 0.15) is 76.6 Å². The second-order valence-electron chi connectivity index (χ2n) is 17.5. The number of rotatable bonds is 23. The molecule has 3 rings (SSSR count). The van der Waals surface area contributed by atoms with Crippen molar-refractivity contribution in [3.8, 4) is 0 Å². The number of nitrogens with one attached hydrogen (secondary N) is 4. The monoisotopic (exact) mass is 1100 g/mol. The van der Waals surface area contributed by atoms with E-state index in [0.29, 0.717) is 11.8 Å². The van der Waals surface area contributed by atoms with Gasteiger partial charge in [-0.1, -0.05) is 44.8 Å². The van der Waals surface area contributed by atoms with Crippen LogP contribution in [0.2, 0.25) is 0 Å². The number of amides is 2. The van der Waals surface area contributed by atoms with Gasteiger partial charge < -0.3 is 84.9 Å². The summed E-state index contributed by atoms with van der Waals surface area (Å²) in [5.41, 5.74) is -7.85. The van der Waals surface area contributed by atoms with E-state index in [2.05, 4.69) is 16.0 Å². The van der Waals surface area contributed by atoms with Crippen LogP contribution >= 0.6 is 35.7 Å². The first kappa shape index (κ1) is 62.2. The smallest absolute Gasteiger partial charge is 0.341 e. The average molecular weight is 1100 g/mol. The van der Waals surface area contributed by atoms with E-state index in [4.69, 9.17) is 50.8 Å². The van der Waals surface area contributed by atoms with Crippen LogP contribution in [-0.2, 0) is 76.3 Å². The Morgan fingerprint density at radius 1 is 0.890 bits per heavy atom. The number of esters is 3. The summed E-state index contributed by atoms with van der Waals surface area (Å²) in [7, 11) is 1.20. The molecule has 0 spiro atoms. The topological polar surface area (TPSA) is 420 Å². The highest BCUT2D eigenvalue weighted by Crippen LogP contribution is 2.42. The van der Waals surface area contributed by atoms with Crippen LogP contribution in [0.3, 0.4) is 0 Å². The number of carbonyl (C=O) groups excluding carboxylic acids is 6. The maximum Gasteiger partial charge on any atom is 0.341 e. The van der Waals surface area contributed by atoms with Crippen LogP contribution in [0.15, 0.2) is 11.3 Å².